The molecule has 13 heavy (non-hydrogen) atoms. The summed E-state index contributed by atoms with van der Waals surface area (Å²) in [7, 11) is 0. The van der Waals surface area contributed by atoms with Crippen LogP contribution in [0.3, 0.4) is 0 Å². The lowest BCUT2D eigenvalue weighted by molar-refractivity contribution is 1.03. The monoisotopic (exact) mass is 187 g/mol. The number of thiocarbonyl (C=S) groups is 1. The molecule has 1 rings (SSSR count). The second-order valence-corrected chi connectivity index (χ2v) is 2.76. The van der Waals surface area contributed by atoms with Crippen LogP contribution < -0.4 is 0 Å². The quantitative estimate of drug-likeness (QED) is 0.402. The molecule has 0 aliphatic heterocycles. The lowest BCUT2D eigenvalue weighted by atomic mass is 10.1. The van der Waals surface area contributed by atoms with Crippen LogP contribution >= 0.6 is 12.2 Å². The van der Waals surface area contributed by atoms with E-state index in [-0.39, 0.29) is 0 Å². The Morgan fingerprint density at radius 3 is 2.54 bits per heavy atom. The molecule has 0 aromatic heterocycles. The van der Waals surface area contributed by atoms with Gasteiger partial charge in [0, 0.05) is 6.42 Å². The molecule has 0 aliphatic rings. The predicted octanol–water partition coefficient (Wildman–Crippen LogP) is 2.99. The van der Waals surface area contributed by atoms with Gasteiger partial charge in [-0.15, -0.1) is 12.3 Å². The van der Waals surface area contributed by atoms with Gasteiger partial charge in [0.15, 0.2) is 0 Å². The van der Waals surface area contributed by atoms with Crippen LogP contribution in [-0.2, 0) is 6.42 Å². The number of nitrogens with zero attached hydrogens (tertiary/aromatic N) is 1. The third-order valence-corrected chi connectivity index (χ3v) is 1.76. The highest BCUT2D eigenvalue weighted by molar-refractivity contribution is 7.78. The first kappa shape index (κ1) is 9.67. The molecule has 0 bridgehead atoms. The van der Waals surface area contributed by atoms with Crippen molar-refractivity contribution in [2.24, 2.45) is 4.99 Å². The van der Waals surface area contributed by atoms with E-state index in [1.807, 2.05) is 24.3 Å². The molecule has 64 valence electrons. The molecule has 1 aromatic rings. The summed E-state index contributed by atoms with van der Waals surface area (Å²) in [4.78, 5) is 3.85. The molecule has 2 heteroatoms. The van der Waals surface area contributed by atoms with Gasteiger partial charge in [0.2, 0.25) is 0 Å². The average molecular weight is 187 g/mol. The minimum absolute atomic E-state index is 0.774. The number of terminal acetylenes is 1. The van der Waals surface area contributed by atoms with Crippen molar-refractivity contribution < 1.29 is 0 Å². The number of rotatable bonds is 3. The Labute approximate surface area is 83.5 Å². The van der Waals surface area contributed by atoms with E-state index in [4.69, 9.17) is 6.42 Å². The summed E-state index contributed by atoms with van der Waals surface area (Å²) >= 11 is 4.49. The molecule has 0 saturated heterocycles. The fourth-order valence-corrected chi connectivity index (χ4v) is 1.11. The molecule has 1 nitrogen and oxygen atoms in total. The summed E-state index contributed by atoms with van der Waals surface area (Å²) in [5.41, 5.74) is 2.06. The maximum Gasteiger partial charge on any atom is 0.0739 e. The van der Waals surface area contributed by atoms with Crippen molar-refractivity contribution in [3.8, 4) is 12.3 Å². The fraction of sp³-hybridized carbons (Fsp3) is 0.182. The second-order valence-electron chi connectivity index (χ2n) is 2.57. The highest BCUT2D eigenvalue weighted by atomic mass is 32.1. The highest BCUT2D eigenvalue weighted by Gasteiger charge is 1.91. The molecular weight excluding hydrogens is 178 g/mol. The SMILES string of the molecule is C#CCCc1ccc(N=C=S)cc1. The zero-order valence-corrected chi connectivity index (χ0v) is 7.97. The van der Waals surface area contributed by atoms with Crippen molar-refractivity contribution in [2.75, 3.05) is 0 Å². The zero-order chi connectivity index (χ0) is 9.52. The van der Waals surface area contributed by atoms with Crippen LogP contribution in [0.25, 0.3) is 0 Å². The van der Waals surface area contributed by atoms with Crippen molar-refractivity contribution in [3.63, 3.8) is 0 Å². The summed E-state index contributed by atoms with van der Waals surface area (Å²) in [6.07, 6.45) is 6.85. The van der Waals surface area contributed by atoms with E-state index in [0.717, 1.165) is 18.5 Å². The van der Waals surface area contributed by atoms with Crippen LogP contribution in [0.4, 0.5) is 5.69 Å². The Morgan fingerprint density at radius 2 is 2.00 bits per heavy atom. The average Bonchev–Trinajstić information content (AvgIpc) is 2.17. The van der Waals surface area contributed by atoms with Gasteiger partial charge in [-0.2, -0.15) is 4.99 Å². The van der Waals surface area contributed by atoms with Crippen molar-refractivity contribution >= 4 is 23.1 Å². The smallest absolute Gasteiger partial charge is 0.0739 e. The molecular formula is C11H9NS. The lowest BCUT2D eigenvalue weighted by Gasteiger charge is -1.96. The van der Waals surface area contributed by atoms with Crippen LogP contribution in [0.5, 0.6) is 0 Å². The Kier molecular flexibility index (Phi) is 3.92. The van der Waals surface area contributed by atoms with Crippen LogP contribution in [0.15, 0.2) is 29.3 Å². The van der Waals surface area contributed by atoms with Gasteiger partial charge < -0.3 is 0 Å². The fourth-order valence-electron chi connectivity index (χ4n) is 1.01. The van der Waals surface area contributed by atoms with Gasteiger partial charge in [0.25, 0.3) is 0 Å². The Bertz CT molecular complexity index is 353. The molecule has 0 atom stereocenters. The van der Waals surface area contributed by atoms with Crippen molar-refractivity contribution in [3.05, 3.63) is 29.8 Å². The first-order chi connectivity index (χ1) is 6.36. The van der Waals surface area contributed by atoms with Crippen LogP contribution in [0.2, 0.25) is 0 Å². The van der Waals surface area contributed by atoms with E-state index in [0.29, 0.717) is 0 Å². The summed E-state index contributed by atoms with van der Waals surface area (Å²) in [5.74, 6) is 2.60. The number of aryl methyl sites for hydroxylation is 1. The Morgan fingerprint density at radius 1 is 1.31 bits per heavy atom. The molecule has 1 aromatic carbocycles. The maximum atomic E-state index is 5.16. The molecule has 0 spiro atoms. The van der Waals surface area contributed by atoms with Gasteiger partial charge in [0.05, 0.1) is 10.8 Å². The van der Waals surface area contributed by atoms with E-state index in [2.05, 4.69) is 28.3 Å². The Hall–Kier alpha value is -1.42. The number of isothiocyanates is 1. The lowest BCUT2D eigenvalue weighted by Crippen LogP contribution is -1.81. The number of hydrogen-bond acceptors (Lipinski definition) is 2. The molecule has 0 radical (unpaired) electrons. The topological polar surface area (TPSA) is 12.4 Å². The van der Waals surface area contributed by atoms with E-state index in [1.54, 1.807) is 0 Å². The van der Waals surface area contributed by atoms with Crippen molar-refractivity contribution in [2.45, 2.75) is 12.8 Å². The number of hydrogen-bond donors (Lipinski definition) is 0. The molecule has 0 saturated carbocycles. The van der Waals surface area contributed by atoms with E-state index >= 15 is 0 Å². The second kappa shape index (κ2) is 5.27. The van der Waals surface area contributed by atoms with Gasteiger partial charge in [-0.05, 0) is 36.3 Å². The molecule has 0 unspecified atom stereocenters. The normalized spacial score (nSPS) is 8.54. The molecule has 0 aliphatic carbocycles. The summed E-state index contributed by atoms with van der Waals surface area (Å²) < 4.78 is 0. The maximum absolute atomic E-state index is 5.16. The summed E-state index contributed by atoms with van der Waals surface area (Å²) in [6, 6.07) is 7.82. The van der Waals surface area contributed by atoms with E-state index in [9.17, 15) is 0 Å². The van der Waals surface area contributed by atoms with Gasteiger partial charge in [-0.3, -0.25) is 0 Å². The number of benzene rings is 1. The third-order valence-electron chi connectivity index (χ3n) is 1.67. The highest BCUT2D eigenvalue weighted by Crippen LogP contribution is 2.12. The zero-order valence-electron chi connectivity index (χ0n) is 7.16. The first-order valence-corrected chi connectivity index (χ1v) is 4.38. The predicted molar refractivity (Wildman–Crippen MR) is 58.3 cm³/mol. The van der Waals surface area contributed by atoms with Crippen LogP contribution in [0.1, 0.15) is 12.0 Å². The first-order valence-electron chi connectivity index (χ1n) is 3.97. The van der Waals surface area contributed by atoms with E-state index in [1.165, 1.54) is 5.56 Å². The number of aliphatic imine (C=N–C) groups is 1. The standard InChI is InChI=1S/C11H9NS/c1-2-3-4-10-5-7-11(8-6-10)12-9-13/h1,5-8H,3-4H2. The van der Waals surface area contributed by atoms with Gasteiger partial charge in [-0.1, -0.05) is 12.1 Å². The van der Waals surface area contributed by atoms with Crippen molar-refractivity contribution in [1.29, 1.82) is 0 Å². The molecule has 0 fully saturated rings. The van der Waals surface area contributed by atoms with Gasteiger partial charge >= 0.3 is 0 Å². The Balaban J connectivity index is 2.70. The van der Waals surface area contributed by atoms with Gasteiger partial charge in [-0.25, -0.2) is 0 Å². The minimum atomic E-state index is 0.774. The van der Waals surface area contributed by atoms with Crippen LogP contribution in [-0.4, -0.2) is 5.16 Å². The third kappa shape index (κ3) is 3.21. The summed E-state index contributed by atoms with van der Waals surface area (Å²) in [6.45, 7) is 0. The minimum Gasteiger partial charge on any atom is -0.195 e. The molecule has 0 amide bonds. The van der Waals surface area contributed by atoms with Gasteiger partial charge in [0.1, 0.15) is 0 Å². The molecule has 0 heterocycles. The largest absolute Gasteiger partial charge is 0.195 e. The summed E-state index contributed by atoms with van der Waals surface area (Å²) in [5, 5.41) is 2.32. The molecule has 0 N–H and O–H groups in total. The van der Waals surface area contributed by atoms with Crippen LogP contribution in [0, 0.1) is 12.3 Å². The van der Waals surface area contributed by atoms with E-state index < -0.39 is 0 Å². The van der Waals surface area contributed by atoms with Crippen molar-refractivity contribution in [1.82, 2.24) is 0 Å².